The van der Waals surface area contributed by atoms with Crippen LogP contribution in [-0.2, 0) is 11.8 Å². The molecule has 0 bridgehead atoms. The van der Waals surface area contributed by atoms with Crippen LogP contribution in [-0.4, -0.2) is 35.9 Å². The molecule has 0 spiro atoms. The van der Waals surface area contributed by atoms with Crippen molar-refractivity contribution in [3.8, 4) is 0 Å². The lowest BCUT2D eigenvalue weighted by Crippen LogP contribution is -2.40. The number of morpholine rings is 1. The minimum Gasteiger partial charge on any atom is -0.378 e. The third kappa shape index (κ3) is 2.60. The number of anilines is 1. The van der Waals surface area contributed by atoms with Crippen molar-refractivity contribution in [2.75, 3.05) is 31.2 Å². The Balaban J connectivity index is 2.33. The average molecular weight is 320 g/mol. The third-order valence-electron chi connectivity index (χ3n) is 4.26. The standard InChI is InChI=1S/C16H21FN4O2/c1-9-8-11(10(2)18)14-12(13(9)17)15(22)20(3)16(19-14)21-4-6-23-7-5-21/h8,10H,4-7,18H2,1-3H3/t10-/m1/s1. The second kappa shape index (κ2) is 5.90. The number of benzene rings is 1. The second-order valence-electron chi connectivity index (χ2n) is 5.98. The first-order chi connectivity index (χ1) is 10.9. The Morgan fingerprint density at radius 3 is 2.65 bits per heavy atom. The van der Waals surface area contributed by atoms with E-state index in [9.17, 15) is 9.18 Å². The third-order valence-corrected chi connectivity index (χ3v) is 4.26. The molecule has 1 fully saturated rings. The van der Waals surface area contributed by atoms with Crippen LogP contribution in [0.25, 0.3) is 10.9 Å². The first-order valence-electron chi connectivity index (χ1n) is 7.69. The van der Waals surface area contributed by atoms with Gasteiger partial charge >= 0.3 is 0 Å². The van der Waals surface area contributed by atoms with Gasteiger partial charge in [0.25, 0.3) is 5.56 Å². The molecular formula is C16H21FN4O2. The molecule has 7 heteroatoms. The van der Waals surface area contributed by atoms with Crippen molar-refractivity contribution >= 4 is 16.9 Å². The smallest absolute Gasteiger partial charge is 0.265 e. The van der Waals surface area contributed by atoms with E-state index in [1.54, 1.807) is 27.0 Å². The van der Waals surface area contributed by atoms with Gasteiger partial charge in [0, 0.05) is 26.2 Å². The molecule has 1 aliphatic rings. The van der Waals surface area contributed by atoms with E-state index in [1.807, 2.05) is 4.90 Å². The van der Waals surface area contributed by atoms with Crippen LogP contribution in [0.3, 0.4) is 0 Å². The van der Waals surface area contributed by atoms with E-state index in [1.165, 1.54) is 4.57 Å². The van der Waals surface area contributed by atoms with Gasteiger partial charge in [0.15, 0.2) is 0 Å². The van der Waals surface area contributed by atoms with Crippen molar-refractivity contribution in [3.05, 3.63) is 33.4 Å². The highest BCUT2D eigenvalue weighted by atomic mass is 19.1. The van der Waals surface area contributed by atoms with Gasteiger partial charge in [0.1, 0.15) is 11.2 Å². The first-order valence-corrected chi connectivity index (χ1v) is 7.69. The molecule has 0 radical (unpaired) electrons. The number of hydrogen-bond acceptors (Lipinski definition) is 5. The molecule has 3 rings (SSSR count). The normalized spacial score (nSPS) is 16.8. The summed E-state index contributed by atoms with van der Waals surface area (Å²) in [7, 11) is 1.62. The van der Waals surface area contributed by atoms with Gasteiger partial charge in [0.05, 0.1) is 18.7 Å². The summed E-state index contributed by atoms with van der Waals surface area (Å²) in [5.41, 5.74) is 7.07. The monoisotopic (exact) mass is 320 g/mol. The SMILES string of the molecule is Cc1cc([C@@H](C)N)c2nc(N3CCOCC3)n(C)c(=O)c2c1F. The molecule has 2 heterocycles. The summed E-state index contributed by atoms with van der Waals surface area (Å²) in [4.78, 5) is 19.3. The van der Waals surface area contributed by atoms with Crippen LogP contribution in [0.5, 0.6) is 0 Å². The highest BCUT2D eigenvalue weighted by Gasteiger charge is 2.22. The summed E-state index contributed by atoms with van der Waals surface area (Å²) < 4.78 is 21.3. The van der Waals surface area contributed by atoms with Crippen molar-refractivity contribution in [3.63, 3.8) is 0 Å². The van der Waals surface area contributed by atoms with E-state index >= 15 is 0 Å². The fourth-order valence-corrected chi connectivity index (χ4v) is 2.95. The quantitative estimate of drug-likeness (QED) is 0.901. The van der Waals surface area contributed by atoms with Crippen molar-refractivity contribution in [2.24, 2.45) is 12.8 Å². The number of fused-ring (bicyclic) bond motifs is 1. The zero-order valence-electron chi connectivity index (χ0n) is 13.6. The molecule has 1 atom stereocenters. The van der Waals surface area contributed by atoms with Crippen molar-refractivity contribution in [1.82, 2.24) is 9.55 Å². The topological polar surface area (TPSA) is 73.4 Å². The molecule has 0 amide bonds. The lowest BCUT2D eigenvalue weighted by atomic mass is 10.0. The van der Waals surface area contributed by atoms with Crippen LogP contribution in [0.4, 0.5) is 10.3 Å². The van der Waals surface area contributed by atoms with E-state index in [0.717, 1.165) is 0 Å². The molecule has 0 unspecified atom stereocenters. The van der Waals surface area contributed by atoms with Gasteiger partial charge in [0.2, 0.25) is 5.95 Å². The number of hydrogen-bond donors (Lipinski definition) is 1. The number of halogens is 1. The Morgan fingerprint density at radius 1 is 1.39 bits per heavy atom. The van der Waals surface area contributed by atoms with Crippen molar-refractivity contribution < 1.29 is 9.13 Å². The van der Waals surface area contributed by atoms with Crippen LogP contribution in [0.2, 0.25) is 0 Å². The Bertz CT molecular complexity index is 810. The minimum atomic E-state index is -0.522. The fraction of sp³-hybridized carbons (Fsp3) is 0.500. The molecule has 1 aromatic heterocycles. The van der Waals surface area contributed by atoms with Crippen LogP contribution in [0, 0.1) is 12.7 Å². The summed E-state index contributed by atoms with van der Waals surface area (Å²) >= 11 is 0. The molecule has 2 N–H and O–H groups in total. The zero-order chi connectivity index (χ0) is 16.7. The summed E-state index contributed by atoms with van der Waals surface area (Å²) in [5.74, 6) is 0.00183. The molecule has 0 aliphatic carbocycles. The first kappa shape index (κ1) is 15.9. The maximum Gasteiger partial charge on any atom is 0.265 e. The molecule has 124 valence electrons. The summed E-state index contributed by atoms with van der Waals surface area (Å²) in [6.45, 7) is 5.89. The number of aryl methyl sites for hydroxylation is 1. The van der Waals surface area contributed by atoms with Crippen molar-refractivity contribution in [1.29, 1.82) is 0 Å². The zero-order valence-corrected chi connectivity index (χ0v) is 13.6. The molecular weight excluding hydrogens is 299 g/mol. The van der Waals surface area contributed by atoms with E-state index in [4.69, 9.17) is 10.5 Å². The average Bonchev–Trinajstić information content (AvgIpc) is 2.54. The molecule has 23 heavy (non-hydrogen) atoms. The van der Waals surface area contributed by atoms with Crippen LogP contribution < -0.4 is 16.2 Å². The lowest BCUT2D eigenvalue weighted by Gasteiger charge is -2.29. The van der Waals surface area contributed by atoms with Gasteiger partial charge in [-0.15, -0.1) is 0 Å². The number of ether oxygens (including phenoxy) is 1. The molecule has 1 aliphatic heterocycles. The summed E-state index contributed by atoms with van der Waals surface area (Å²) in [6, 6.07) is 1.34. The summed E-state index contributed by atoms with van der Waals surface area (Å²) in [6.07, 6.45) is 0. The van der Waals surface area contributed by atoms with Gasteiger partial charge in [-0.05, 0) is 31.0 Å². The van der Waals surface area contributed by atoms with Gasteiger partial charge in [-0.1, -0.05) is 0 Å². The van der Waals surface area contributed by atoms with Crippen LogP contribution >= 0.6 is 0 Å². The number of nitrogens with zero attached hydrogens (tertiary/aromatic N) is 3. The Kier molecular flexibility index (Phi) is 4.08. The Morgan fingerprint density at radius 2 is 2.04 bits per heavy atom. The van der Waals surface area contributed by atoms with Crippen molar-refractivity contribution in [2.45, 2.75) is 19.9 Å². The second-order valence-corrected chi connectivity index (χ2v) is 5.98. The highest BCUT2D eigenvalue weighted by Crippen LogP contribution is 2.26. The van der Waals surface area contributed by atoms with Gasteiger partial charge in [-0.25, -0.2) is 9.37 Å². The van der Waals surface area contributed by atoms with E-state index < -0.39 is 5.82 Å². The molecule has 1 saturated heterocycles. The highest BCUT2D eigenvalue weighted by molar-refractivity contribution is 5.84. The molecule has 1 aromatic carbocycles. The Hall–Kier alpha value is -1.99. The van der Waals surface area contributed by atoms with Gasteiger partial charge < -0.3 is 15.4 Å². The van der Waals surface area contributed by atoms with E-state index in [0.29, 0.717) is 48.9 Å². The molecule has 6 nitrogen and oxygen atoms in total. The summed E-state index contributed by atoms with van der Waals surface area (Å²) in [5, 5.41) is 0.0109. The van der Waals surface area contributed by atoms with E-state index in [2.05, 4.69) is 4.98 Å². The van der Waals surface area contributed by atoms with Crippen LogP contribution in [0.15, 0.2) is 10.9 Å². The predicted octanol–water partition coefficient (Wildman–Crippen LogP) is 1.24. The van der Waals surface area contributed by atoms with Gasteiger partial charge in [-0.2, -0.15) is 0 Å². The fourth-order valence-electron chi connectivity index (χ4n) is 2.95. The lowest BCUT2D eigenvalue weighted by molar-refractivity contribution is 0.121. The van der Waals surface area contributed by atoms with Crippen LogP contribution in [0.1, 0.15) is 24.1 Å². The van der Waals surface area contributed by atoms with E-state index in [-0.39, 0.29) is 17.0 Å². The predicted molar refractivity (Wildman–Crippen MR) is 87.3 cm³/mol. The number of aromatic nitrogens is 2. The Labute approximate surface area is 133 Å². The number of rotatable bonds is 2. The van der Waals surface area contributed by atoms with Gasteiger partial charge in [-0.3, -0.25) is 9.36 Å². The maximum absolute atomic E-state index is 14.5. The number of nitrogens with two attached hydrogens (primary N) is 1. The molecule has 0 saturated carbocycles. The molecule has 2 aromatic rings. The largest absolute Gasteiger partial charge is 0.378 e. The maximum atomic E-state index is 14.5. The minimum absolute atomic E-state index is 0.0109.